The van der Waals surface area contributed by atoms with E-state index in [0.717, 1.165) is 17.8 Å². The summed E-state index contributed by atoms with van der Waals surface area (Å²) >= 11 is 0. The van der Waals surface area contributed by atoms with Crippen LogP contribution in [0.1, 0.15) is 22.5 Å². The molecule has 0 bridgehead atoms. The third-order valence-corrected chi connectivity index (χ3v) is 3.98. The average molecular weight is 379 g/mol. The van der Waals surface area contributed by atoms with E-state index in [4.69, 9.17) is 14.5 Å². The normalized spacial score (nSPS) is 13.0. The summed E-state index contributed by atoms with van der Waals surface area (Å²) in [4.78, 5) is 25.2. The van der Waals surface area contributed by atoms with Gasteiger partial charge in [-0.1, -0.05) is 30.3 Å². The van der Waals surface area contributed by atoms with Crippen molar-refractivity contribution in [1.29, 1.82) is 0 Å². The van der Waals surface area contributed by atoms with Gasteiger partial charge in [0.05, 0.1) is 31.1 Å². The minimum atomic E-state index is -3.52. The molecule has 0 spiro atoms. The van der Waals surface area contributed by atoms with Gasteiger partial charge in [0.1, 0.15) is 0 Å². The molecular weight excluding hydrogens is 357 g/mol. The van der Waals surface area contributed by atoms with E-state index in [9.17, 15) is 9.36 Å². The fourth-order valence-corrected chi connectivity index (χ4v) is 2.54. The van der Waals surface area contributed by atoms with Gasteiger partial charge in [-0.05, 0) is 23.3 Å². The van der Waals surface area contributed by atoms with Gasteiger partial charge in [-0.2, -0.15) is 0 Å². The van der Waals surface area contributed by atoms with Crippen LogP contribution in [0.5, 0.6) is 0 Å². The molecule has 2 rings (SSSR count). The molecule has 8 nitrogen and oxygen atoms in total. The van der Waals surface area contributed by atoms with Crippen LogP contribution in [-0.2, 0) is 35.4 Å². The summed E-state index contributed by atoms with van der Waals surface area (Å²) in [5, 5.41) is 14.5. The van der Waals surface area contributed by atoms with Gasteiger partial charge >= 0.3 is 13.6 Å². The molecule has 2 amide bonds. The van der Waals surface area contributed by atoms with Gasteiger partial charge in [-0.15, -0.1) is 0 Å². The lowest BCUT2D eigenvalue weighted by atomic mass is 10.1. The van der Waals surface area contributed by atoms with Gasteiger partial charge in [-0.25, -0.2) is 4.79 Å². The third kappa shape index (κ3) is 7.33. The highest BCUT2D eigenvalue weighted by molar-refractivity contribution is 7.51. The van der Waals surface area contributed by atoms with Crippen molar-refractivity contribution in [3.8, 4) is 0 Å². The molecule has 0 aliphatic heterocycles. The molecule has 0 aliphatic rings. The van der Waals surface area contributed by atoms with Crippen LogP contribution >= 0.6 is 7.60 Å². The van der Waals surface area contributed by atoms with Crippen LogP contribution < -0.4 is 10.6 Å². The Balaban J connectivity index is 1.80. The first-order chi connectivity index (χ1) is 12.4. The Kier molecular flexibility index (Phi) is 7.29. The molecule has 0 radical (unpaired) electrons. The van der Waals surface area contributed by atoms with Crippen LogP contribution in [0.25, 0.3) is 0 Å². The number of aliphatic hydroxyl groups excluding tert-OH is 1. The average Bonchev–Trinajstić information content (AvgIpc) is 2.63. The molecule has 9 heteroatoms. The van der Waals surface area contributed by atoms with Crippen LogP contribution in [-0.4, -0.2) is 27.7 Å². The first kappa shape index (κ1) is 20.1. The Morgan fingerprint density at radius 2 is 1.77 bits per heavy atom. The molecule has 26 heavy (non-hydrogen) atoms. The number of nitrogens with zero attached hydrogens (tertiary/aromatic N) is 1. The Labute approximate surface area is 151 Å². The summed E-state index contributed by atoms with van der Waals surface area (Å²) in [6, 6.07) is 12.1. The van der Waals surface area contributed by atoms with E-state index in [0.29, 0.717) is 17.9 Å². The number of hydrogen-bond donors (Lipinski definition) is 4. The Hall–Kier alpha value is -2.25. The predicted molar refractivity (Wildman–Crippen MR) is 96.2 cm³/mol. The second kappa shape index (κ2) is 9.45. The number of urea groups is 1. The molecule has 0 fully saturated rings. The summed E-state index contributed by atoms with van der Waals surface area (Å²) in [5.41, 5.74) is 2.78. The lowest BCUT2D eigenvalue weighted by molar-refractivity contribution is 0.240. The van der Waals surface area contributed by atoms with Crippen molar-refractivity contribution in [3.05, 3.63) is 65.0 Å². The number of aromatic nitrogens is 1. The van der Waals surface area contributed by atoms with Gasteiger partial charge < -0.3 is 25.2 Å². The van der Waals surface area contributed by atoms with Crippen molar-refractivity contribution in [2.45, 2.75) is 26.3 Å². The molecule has 1 aromatic carbocycles. The van der Waals surface area contributed by atoms with E-state index in [-0.39, 0.29) is 25.8 Å². The van der Waals surface area contributed by atoms with E-state index in [1.165, 1.54) is 0 Å². The fourth-order valence-electron chi connectivity index (χ4n) is 2.16. The minimum Gasteiger partial charge on any atom is -0.390 e. The SMILES string of the molecule is CP(=O)(O)OCc1cccc(CNC(=O)NCc2cccc(CO)n2)c1. The highest BCUT2D eigenvalue weighted by Gasteiger charge is 2.10. The Morgan fingerprint density at radius 3 is 2.50 bits per heavy atom. The first-order valence-corrected chi connectivity index (χ1v) is 9.98. The topological polar surface area (TPSA) is 121 Å². The number of carbonyl (C=O) groups excluding carboxylic acids is 1. The maximum absolute atomic E-state index is 11.9. The Bertz CT molecular complexity index is 793. The van der Waals surface area contributed by atoms with Gasteiger partial charge in [0.2, 0.25) is 0 Å². The summed E-state index contributed by atoms with van der Waals surface area (Å²) in [7, 11) is -3.52. The molecule has 140 valence electrons. The highest BCUT2D eigenvalue weighted by atomic mass is 31.2. The molecule has 4 N–H and O–H groups in total. The summed E-state index contributed by atoms with van der Waals surface area (Å²) in [6.45, 7) is 1.55. The number of pyridine rings is 1. The molecule has 0 aliphatic carbocycles. The van der Waals surface area contributed by atoms with Gasteiger partial charge in [0.15, 0.2) is 0 Å². The van der Waals surface area contributed by atoms with E-state index in [2.05, 4.69) is 15.6 Å². The van der Waals surface area contributed by atoms with E-state index < -0.39 is 7.60 Å². The van der Waals surface area contributed by atoms with Crippen molar-refractivity contribution in [2.24, 2.45) is 0 Å². The summed E-state index contributed by atoms with van der Waals surface area (Å²) in [5.74, 6) is 0. The number of rotatable bonds is 8. The monoisotopic (exact) mass is 379 g/mol. The van der Waals surface area contributed by atoms with Gasteiger partial charge in [0.25, 0.3) is 0 Å². The van der Waals surface area contributed by atoms with Crippen molar-refractivity contribution in [1.82, 2.24) is 15.6 Å². The van der Waals surface area contributed by atoms with Gasteiger partial charge in [-0.3, -0.25) is 9.55 Å². The van der Waals surface area contributed by atoms with E-state index >= 15 is 0 Å². The third-order valence-electron chi connectivity index (χ3n) is 3.37. The number of nitrogens with one attached hydrogen (secondary N) is 2. The Morgan fingerprint density at radius 1 is 1.12 bits per heavy atom. The van der Waals surface area contributed by atoms with Crippen molar-refractivity contribution >= 4 is 13.6 Å². The van der Waals surface area contributed by atoms with Crippen molar-refractivity contribution in [3.63, 3.8) is 0 Å². The number of aliphatic hydroxyl groups is 1. The molecular formula is C17H22N3O5P. The summed E-state index contributed by atoms with van der Waals surface area (Å²) < 4.78 is 16.1. The quantitative estimate of drug-likeness (QED) is 0.520. The minimum absolute atomic E-state index is 0.0250. The first-order valence-electron chi connectivity index (χ1n) is 7.96. The maximum atomic E-state index is 11.9. The second-order valence-corrected chi connectivity index (χ2v) is 7.58. The number of hydrogen-bond acceptors (Lipinski definition) is 5. The molecule has 1 aromatic heterocycles. The van der Waals surface area contributed by atoms with E-state index in [1.807, 2.05) is 6.07 Å². The number of benzene rings is 1. The van der Waals surface area contributed by atoms with Crippen molar-refractivity contribution in [2.75, 3.05) is 6.66 Å². The zero-order chi connectivity index (χ0) is 19.0. The molecule has 0 saturated heterocycles. The molecule has 1 heterocycles. The number of carbonyl (C=O) groups is 1. The smallest absolute Gasteiger partial charge is 0.325 e. The fraction of sp³-hybridized carbons (Fsp3) is 0.294. The molecule has 2 aromatic rings. The lowest BCUT2D eigenvalue weighted by Crippen LogP contribution is -2.34. The van der Waals surface area contributed by atoms with E-state index in [1.54, 1.807) is 36.4 Å². The number of amides is 2. The second-order valence-electron chi connectivity index (χ2n) is 5.71. The molecule has 0 saturated carbocycles. The molecule has 1 atom stereocenters. The standard InChI is InChI=1S/C17H22N3O5P/c1-26(23,24)25-12-14-5-2-4-13(8-14)9-18-17(22)19-10-15-6-3-7-16(11-21)20-15/h2-8,21H,9-12H2,1H3,(H,23,24)(H2,18,19,22). The highest BCUT2D eigenvalue weighted by Crippen LogP contribution is 2.37. The zero-order valence-electron chi connectivity index (χ0n) is 14.4. The van der Waals surface area contributed by atoms with Crippen LogP contribution in [0.2, 0.25) is 0 Å². The van der Waals surface area contributed by atoms with Crippen LogP contribution in [0.3, 0.4) is 0 Å². The largest absolute Gasteiger partial charge is 0.390 e. The van der Waals surface area contributed by atoms with Crippen LogP contribution in [0, 0.1) is 0 Å². The lowest BCUT2D eigenvalue weighted by Gasteiger charge is -2.10. The maximum Gasteiger partial charge on any atom is 0.325 e. The summed E-state index contributed by atoms with van der Waals surface area (Å²) in [6.07, 6.45) is 0. The van der Waals surface area contributed by atoms with Crippen LogP contribution in [0.15, 0.2) is 42.5 Å². The predicted octanol–water partition coefficient (Wildman–Crippen LogP) is 1.91. The van der Waals surface area contributed by atoms with Crippen LogP contribution in [0.4, 0.5) is 4.79 Å². The zero-order valence-corrected chi connectivity index (χ0v) is 15.3. The van der Waals surface area contributed by atoms with Crippen molar-refractivity contribution < 1.29 is 23.9 Å². The van der Waals surface area contributed by atoms with Gasteiger partial charge in [0, 0.05) is 13.2 Å². The molecule has 1 unspecified atom stereocenters.